The monoisotopic (exact) mass is 508 g/mol. The molecule has 2 aromatic carbocycles. The number of carbonyl (C=O) groups is 2. The molecule has 0 saturated carbocycles. The van der Waals surface area contributed by atoms with Crippen LogP contribution in [0, 0.1) is 0 Å². The molecule has 1 saturated heterocycles. The predicted molar refractivity (Wildman–Crippen MR) is 129 cm³/mol. The average Bonchev–Trinajstić information content (AvgIpc) is 3.21. The summed E-state index contributed by atoms with van der Waals surface area (Å²) in [6.45, 7) is 0.349. The van der Waals surface area contributed by atoms with Gasteiger partial charge in [0.1, 0.15) is 6.54 Å². The normalized spacial score (nSPS) is 14.5. The first kappa shape index (κ1) is 25.7. The van der Waals surface area contributed by atoms with E-state index in [2.05, 4.69) is 5.32 Å². The molecule has 0 aliphatic carbocycles. The van der Waals surface area contributed by atoms with Gasteiger partial charge < -0.3 is 10.2 Å². The Hall–Kier alpha value is -2.96. The molecule has 0 radical (unpaired) electrons. The summed E-state index contributed by atoms with van der Waals surface area (Å²) >= 11 is 0. The Morgan fingerprint density at radius 2 is 1.74 bits per heavy atom. The van der Waals surface area contributed by atoms with Gasteiger partial charge in [-0.15, -0.1) is 0 Å². The third-order valence-electron chi connectivity index (χ3n) is 5.38. The summed E-state index contributed by atoms with van der Waals surface area (Å²) < 4.78 is 51.1. The molecule has 0 atom stereocenters. The van der Waals surface area contributed by atoms with Crippen LogP contribution in [-0.4, -0.2) is 66.4 Å². The molecule has 0 spiro atoms. The van der Waals surface area contributed by atoms with Gasteiger partial charge in [0.2, 0.25) is 31.9 Å². The van der Waals surface area contributed by atoms with Crippen molar-refractivity contribution >= 4 is 43.2 Å². The molecule has 2 aromatic rings. The molecule has 34 heavy (non-hydrogen) atoms. The Labute approximate surface area is 200 Å². The average molecular weight is 509 g/mol. The van der Waals surface area contributed by atoms with Crippen molar-refractivity contribution in [3.05, 3.63) is 54.1 Å². The summed E-state index contributed by atoms with van der Waals surface area (Å²) in [5, 5.41) is 2.70. The van der Waals surface area contributed by atoms with Crippen molar-refractivity contribution in [1.82, 2.24) is 9.62 Å². The van der Waals surface area contributed by atoms with Crippen molar-refractivity contribution in [1.29, 1.82) is 0 Å². The number of hydrogen-bond acceptors (Lipinski definition) is 6. The van der Waals surface area contributed by atoms with Gasteiger partial charge in [0.05, 0.1) is 16.8 Å². The largest absolute Gasteiger partial charge is 0.350 e. The number of amides is 2. The van der Waals surface area contributed by atoms with Crippen LogP contribution in [0.25, 0.3) is 0 Å². The van der Waals surface area contributed by atoms with Crippen LogP contribution >= 0.6 is 0 Å². The van der Waals surface area contributed by atoms with Gasteiger partial charge in [0.25, 0.3) is 0 Å². The Kier molecular flexibility index (Phi) is 7.64. The quantitative estimate of drug-likeness (QED) is 0.542. The number of sulfonamides is 2. The molecule has 1 heterocycles. The van der Waals surface area contributed by atoms with Crippen molar-refractivity contribution < 1.29 is 26.4 Å². The Balaban J connectivity index is 1.70. The standard InChI is InChI=1S/C22H28N4O6S2/c1-24(2)34(31,32)20-11-9-18(10-12-20)26(33(3,29)30)16-21(27)23-15-17-6-4-7-19(14-17)25-13-5-8-22(25)28/h4,6-7,9-12,14H,5,8,13,15-16H2,1-3H3,(H,23,27). The summed E-state index contributed by atoms with van der Waals surface area (Å²) in [6.07, 6.45) is 2.30. The molecule has 1 aliphatic heterocycles. The fourth-order valence-electron chi connectivity index (χ4n) is 3.54. The van der Waals surface area contributed by atoms with Crippen molar-refractivity contribution in [2.24, 2.45) is 0 Å². The van der Waals surface area contributed by atoms with E-state index in [0.29, 0.717) is 13.0 Å². The van der Waals surface area contributed by atoms with Gasteiger partial charge in [-0.1, -0.05) is 12.1 Å². The van der Waals surface area contributed by atoms with Crippen LogP contribution in [0.4, 0.5) is 11.4 Å². The van der Waals surface area contributed by atoms with E-state index in [1.54, 1.807) is 11.0 Å². The summed E-state index contributed by atoms with van der Waals surface area (Å²) in [5.41, 5.74) is 1.71. The third kappa shape index (κ3) is 5.93. The Bertz CT molecular complexity index is 1270. The first-order valence-corrected chi connectivity index (χ1v) is 13.8. The molecule has 10 nitrogen and oxygen atoms in total. The van der Waals surface area contributed by atoms with Crippen molar-refractivity contribution in [3.8, 4) is 0 Å². The van der Waals surface area contributed by atoms with Crippen LogP contribution in [0.3, 0.4) is 0 Å². The lowest BCUT2D eigenvalue weighted by Crippen LogP contribution is -2.40. The molecular weight excluding hydrogens is 480 g/mol. The zero-order valence-electron chi connectivity index (χ0n) is 19.3. The van der Waals surface area contributed by atoms with E-state index in [0.717, 1.165) is 32.5 Å². The van der Waals surface area contributed by atoms with Crippen LogP contribution in [0.1, 0.15) is 18.4 Å². The molecule has 184 valence electrons. The van der Waals surface area contributed by atoms with Gasteiger partial charge in [-0.2, -0.15) is 0 Å². The van der Waals surface area contributed by atoms with Gasteiger partial charge in [-0.3, -0.25) is 13.9 Å². The molecule has 3 rings (SSSR count). The highest BCUT2D eigenvalue weighted by Crippen LogP contribution is 2.23. The highest BCUT2D eigenvalue weighted by molar-refractivity contribution is 7.92. The number of anilines is 2. The summed E-state index contributed by atoms with van der Waals surface area (Å²) in [4.78, 5) is 26.3. The van der Waals surface area contributed by atoms with E-state index >= 15 is 0 Å². The number of benzene rings is 2. The Morgan fingerprint density at radius 1 is 1.06 bits per heavy atom. The number of rotatable bonds is 9. The fraction of sp³-hybridized carbons (Fsp3) is 0.364. The highest BCUT2D eigenvalue weighted by Gasteiger charge is 2.24. The maximum absolute atomic E-state index is 12.6. The van der Waals surface area contributed by atoms with E-state index < -0.39 is 32.5 Å². The second-order valence-electron chi connectivity index (χ2n) is 8.15. The molecule has 12 heteroatoms. The first-order valence-electron chi connectivity index (χ1n) is 10.6. The zero-order chi connectivity index (χ0) is 25.1. The van der Waals surface area contributed by atoms with Crippen LogP contribution in [0.15, 0.2) is 53.4 Å². The van der Waals surface area contributed by atoms with Gasteiger partial charge >= 0.3 is 0 Å². The molecule has 1 N–H and O–H groups in total. The lowest BCUT2D eigenvalue weighted by Gasteiger charge is -2.22. The molecule has 0 unspecified atom stereocenters. The molecular formula is C22H28N4O6S2. The van der Waals surface area contributed by atoms with Crippen LogP contribution in [0.5, 0.6) is 0 Å². The van der Waals surface area contributed by atoms with E-state index in [-0.39, 0.29) is 23.0 Å². The number of nitrogens with zero attached hydrogens (tertiary/aromatic N) is 3. The van der Waals surface area contributed by atoms with E-state index in [1.807, 2.05) is 18.2 Å². The molecule has 1 aliphatic rings. The zero-order valence-corrected chi connectivity index (χ0v) is 20.9. The van der Waals surface area contributed by atoms with Crippen molar-refractivity contribution in [3.63, 3.8) is 0 Å². The van der Waals surface area contributed by atoms with E-state index in [4.69, 9.17) is 0 Å². The minimum absolute atomic E-state index is 0.00974. The van der Waals surface area contributed by atoms with Crippen LogP contribution < -0.4 is 14.5 Å². The fourth-order valence-corrected chi connectivity index (χ4v) is 5.30. The predicted octanol–water partition coefficient (Wildman–Crippen LogP) is 1.15. The SMILES string of the molecule is CN(C)S(=O)(=O)c1ccc(N(CC(=O)NCc2cccc(N3CCCC3=O)c2)S(C)(=O)=O)cc1. The maximum Gasteiger partial charge on any atom is 0.242 e. The summed E-state index contributed by atoms with van der Waals surface area (Å²) in [5.74, 6) is -0.465. The Morgan fingerprint density at radius 3 is 2.29 bits per heavy atom. The van der Waals surface area contributed by atoms with Gasteiger partial charge in [-0.05, 0) is 48.4 Å². The molecule has 1 fully saturated rings. The maximum atomic E-state index is 12.6. The second kappa shape index (κ2) is 10.1. The minimum Gasteiger partial charge on any atom is -0.350 e. The van der Waals surface area contributed by atoms with Crippen molar-refractivity contribution in [2.45, 2.75) is 24.3 Å². The lowest BCUT2D eigenvalue weighted by molar-refractivity contribution is -0.120. The number of hydrogen-bond donors (Lipinski definition) is 1. The van der Waals surface area contributed by atoms with E-state index in [1.165, 1.54) is 38.4 Å². The lowest BCUT2D eigenvalue weighted by atomic mass is 10.2. The van der Waals surface area contributed by atoms with Gasteiger partial charge in [0.15, 0.2) is 0 Å². The van der Waals surface area contributed by atoms with Crippen molar-refractivity contribution in [2.75, 3.05) is 42.6 Å². The molecule has 0 aromatic heterocycles. The summed E-state index contributed by atoms with van der Waals surface area (Å²) in [6, 6.07) is 12.6. The van der Waals surface area contributed by atoms with Crippen LogP contribution in [-0.2, 0) is 36.2 Å². The second-order valence-corrected chi connectivity index (χ2v) is 12.2. The molecule has 2 amide bonds. The number of carbonyl (C=O) groups excluding carboxylic acids is 2. The highest BCUT2D eigenvalue weighted by atomic mass is 32.2. The third-order valence-corrected chi connectivity index (χ3v) is 8.35. The molecule has 0 bridgehead atoms. The van der Waals surface area contributed by atoms with Gasteiger partial charge in [0, 0.05) is 39.3 Å². The number of nitrogens with one attached hydrogen (secondary N) is 1. The smallest absolute Gasteiger partial charge is 0.242 e. The van der Waals surface area contributed by atoms with Gasteiger partial charge in [-0.25, -0.2) is 21.1 Å². The summed E-state index contributed by atoms with van der Waals surface area (Å²) in [7, 11) is -4.69. The minimum atomic E-state index is -3.82. The van der Waals surface area contributed by atoms with E-state index in [9.17, 15) is 26.4 Å². The topological polar surface area (TPSA) is 124 Å². The first-order chi connectivity index (χ1) is 15.9. The van der Waals surface area contributed by atoms with Crippen LogP contribution in [0.2, 0.25) is 0 Å².